The molecule has 162 valence electrons. The van der Waals surface area contributed by atoms with E-state index in [0.29, 0.717) is 18.8 Å². The Kier molecular flexibility index (Phi) is 7.39. The van der Waals surface area contributed by atoms with Crippen LogP contribution in [-0.4, -0.2) is 19.2 Å². The Bertz CT molecular complexity index is 1190. The summed E-state index contributed by atoms with van der Waals surface area (Å²) in [5, 5.41) is 17.3. The summed E-state index contributed by atoms with van der Waals surface area (Å²) in [5.74, 6) is -0.595. The molecular formula is C24H22N4O3S. The lowest BCUT2D eigenvalue weighted by molar-refractivity contribution is -0.112. The van der Waals surface area contributed by atoms with Gasteiger partial charge in [-0.3, -0.25) is 4.79 Å². The number of primary sulfonamides is 1. The largest absolute Gasteiger partial charge is 0.367 e. The Hall–Kier alpha value is -3.93. The maximum atomic E-state index is 12.7. The minimum Gasteiger partial charge on any atom is -0.367 e. The van der Waals surface area contributed by atoms with Crippen LogP contribution in [-0.2, 0) is 27.9 Å². The van der Waals surface area contributed by atoms with E-state index in [1.165, 1.54) is 30.5 Å². The van der Waals surface area contributed by atoms with Crippen molar-refractivity contribution in [2.75, 3.05) is 5.32 Å². The zero-order chi connectivity index (χ0) is 23.0. The molecule has 1 amide bonds. The summed E-state index contributed by atoms with van der Waals surface area (Å²) in [4.78, 5) is 14.5. The van der Waals surface area contributed by atoms with Crippen LogP contribution in [0.4, 0.5) is 5.69 Å². The number of nitrogens with two attached hydrogens (primary N) is 1. The number of nitrogens with zero attached hydrogens (tertiary/aromatic N) is 2. The van der Waals surface area contributed by atoms with Crippen molar-refractivity contribution in [3.05, 3.63) is 108 Å². The maximum Gasteiger partial charge on any atom is 0.267 e. The lowest BCUT2D eigenvalue weighted by Crippen LogP contribution is -2.21. The van der Waals surface area contributed by atoms with Gasteiger partial charge in [0.05, 0.1) is 4.90 Å². The normalized spacial score (nSPS) is 11.4. The molecule has 0 radical (unpaired) electrons. The first kappa shape index (κ1) is 22.7. The highest BCUT2D eigenvalue weighted by atomic mass is 32.2. The maximum absolute atomic E-state index is 12.7. The van der Waals surface area contributed by atoms with Gasteiger partial charge in [-0.1, -0.05) is 60.7 Å². The van der Waals surface area contributed by atoms with Crippen LogP contribution in [0.5, 0.6) is 0 Å². The summed E-state index contributed by atoms with van der Waals surface area (Å²) < 4.78 is 22.8. The quantitative estimate of drug-likeness (QED) is 0.406. The molecule has 0 aliphatic carbocycles. The highest BCUT2D eigenvalue weighted by molar-refractivity contribution is 7.89. The number of benzene rings is 3. The van der Waals surface area contributed by atoms with Crippen LogP contribution >= 0.6 is 0 Å². The summed E-state index contributed by atoms with van der Waals surface area (Å²) in [6.45, 7) is 1.02. The third kappa shape index (κ3) is 6.54. The van der Waals surface area contributed by atoms with Gasteiger partial charge in [-0.15, -0.1) is 0 Å². The van der Waals surface area contributed by atoms with Gasteiger partial charge in [0.15, 0.2) is 0 Å². The van der Waals surface area contributed by atoms with Crippen LogP contribution < -0.4 is 10.5 Å². The van der Waals surface area contributed by atoms with Gasteiger partial charge in [0, 0.05) is 25.0 Å². The predicted molar refractivity (Wildman–Crippen MR) is 122 cm³/mol. The Morgan fingerprint density at radius 2 is 1.41 bits per heavy atom. The van der Waals surface area contributed by atoms with E-state index < -0.39 is 15.9 Å². The number of hydrogen-bond acceptors (Lipinski definition) is 5. The van der Waals surface area contributed by atoms with E-state index >= 15 is 0 Å². The molecule has 3 aromatic carbocycles. The van der Waals surface area contributed by atoms with E-state index in [1.807, 2.05) is 71.6 Å². The second-order valence-corrected chi connectivity index (χ2v) is 8.62. The molecule has 0 aliphatic rings. The van der Waals surface area contributed by atoms with E-state index in [-0.39, 0.29) is 10.5 Å². The topological polar surface area (TPSA) is 116 Å². The molecule has 32 heavy (non-hydrogen) atoms. The van der Waals surface area contributed by atoms with E-state index in [4.69, 9.17) is 5.14 Å². The van der Waals surface area contributed by atoms with Gasteiger partial charge in [-0.25, -0.2) is 13.6 Å². The summed E-state index contributed by atoms with van der Waals surface area (Å²) >= 11 is 0. The van der Waals surface area contributed by atoms with E-state index in [1.54, 1.807) is 0 Å². The third-order valence-electron chi connectivity index (χ3n) is 4.57. The van der Waals surface area contributed by atoms with Gasteiger partial charge in [0.1, 0.15) is 11.6 Å². The minimum atomic E-state index is -3.83. The Morgan fingerprint density at radius 3 is 1.84 bits per heavy atom. The number of nitriles is 1. The number of carbonyl (C=O) groups is 1. The van der Waals surface area contributed by atoms with Gasteiger partial charge >= 0.3 is 0 Å². The first-order valence-electron chi connectivity index (χ1n) is 9.73. The number of sulfonamides is 1. The molecule has 0 unspecified atom stereocenters. The van der Waals surface area contributed by atoms with Gasteiger partial charge in [0.25, 0.3) is 5.91 Å². The van der Waals surface area contributed by atoms with E-state index in [0.717, 1.165) is 11.1 Å². The first-order valence-corrected chi connectivity index (χ1v) is 11.3. The summed E-state index contributed by atoms with van der Waals surface area (Å²) in [7, 11) is -3.83. The first-order chi connectivity index (χ1) is 15.3. The fraction of sp³-hybridized carbons (Fsp3) is 0.0833. The highest BCUT2D eigenvalue weighted by Gasteiger charge is 2.14. The average Bonchev–Trinajstić information content (AvgIpc) is 2.78. The number of amides is 1. The van der Waals surface area contributed by atoms with Crippen LogP contribution in [0.15, 0.2) is 102 Å². The van der Waals surface area contributed by atoms with Crippen LogP contribution in [0.3, 0.4) is 0 Å². The molecule has 0 fully saturated rings. The van der Waals surface area contributed by atoms with Crippen molar-refractivity contribution in [3.63, 3.8) is 0 Å². The molecule has 0 heterocycles. The minimum absolute atomic E-state index is 0.0663. The fourth-order valence-electron chi connectivity index (χ4n) is 3.03. The van der Waals surface area contributed by atoms with Gasteiger partial charge < -0.3 is 10.2 Å². The smallest absolute Gasteiger partial charge is 0.267 e. The zero-order valence-electron chi connectivity index (χ0n) is 17.2. The van der Waals surface area contributed by atoms with Gasteiger partial charge in [-0.05, 0) is 35.4 Å². The summed E-state index contributed by atoms with van der Waals surface area (Å²) in [6, 6.07) is 26.9. The standard InChI is InChI=1S/C24H22N4O3S/c25-15-21(24(29)27-22-11-13-23(14-12-22)32(26,30)31)18-28(16-19-7-3-1-4-8-19)17-20-9-5-2-6-10-20/h1-14,18H,16-17H2,(H,27,29)(H2,26,30,31)/b21-18-. The molecule has 3 N–H and O–H groups in total. The third-order valence-corrected chi connectivity index (χ3v) is 5.50. The van der Waals surface area contributed by atoms with E-state index in [2.05, 4.69) is 5.32 Å². The average molecular weight is 447 g/mol. The lowest BCUT2D eigenvalue weighted by Gasteiger charge is -2.21. The van der Waals surface area contributed by atoms with Crippen molar-refractivity contribution in [2.45, 2.75) is 18.0 Å². The van der Waals surface area contributed by atoms with Crippen LogP contribution in [0.1, 0.15) is 11.1 Å². The van der Waals surface area contributed by atoms with Crippen molar-refractivity contribution in [1.29, 1.82) is 5.26 Å². The molecule has 0 spiro atoms. The molecule has 3 aromatic rings. The Balaban J connectivity index is 1.81. The molecule has 0 aliphatic heterocycles. The number of hydrogen-bond donors (Lipinski definition) is 2. The molecule has 0 bridgehead atoms. The van der Waals surface area contributed by atoms with Gasteiger partial charge in [0.2, 0.25) is 10.0 Å². The molecule has 8 heteroatoms. The second-order valence-electron chi connectivity index (χ2n) is 7.05. The second kappa shape index (κ2) is 10.4. The van der Waals surface area contributed by atoms with E-state index in [9.17, 15) is 18.5 Å². The molecule has 0 aromatic heterocycles. The SMILES string of the molecule is N#C/C(=C/N(Cc1ccccc1)Cc1ccccc1)C(=O)Nc1ccc(S(N)(=O)=O)cc1. The molecular weight excluding hydrogens is 424 g/mol. The number of rotatable bonds is 8. The van der Waals surface area contributed by atoms with Crippen molar-refractivity contribution in [1.82, 2.24) is 4.90 Å². The number of nitrogens with one attached hydrogen (secondary N) is 1. The van der Waals surface area contributed by atoms with Crippen molar-refractivity contribution in [3.8, 4) is 6.07 Å². The fourth-order valence-corrected chi connectivity index (χ4v) is 3.55. The lowest BCUT2D eigenvalue weighted by atomic mass is 10.1. The van der Waals surface area contributed by atoms with Crippen LogP contribution in [0, 0.1) is 11.3 Å². The summed E-state index contributed by atoms with van der Waals surface area (Å²) in [5.41, 5.74) is 2.35. The highest BCUT2D eigenvalue weighted by Crippen LogP contribution is 2.15. The van der Waals surface area contributed by atoms with Crippen molar-refractivity contribution in [2.24, 2.45) is 5.14 Å². The predicted octanol–water partition coefficient (Wildman–Crippen LogP) is 3.38. The van der Waals surface area contributed by atoms with Crippen molar-refractivity contribution < 1.29 is 13.2 Å². The molecule has 0 saturated carbocycles. The van der Waals surface area contributed by atoms with Crippen LogP contribution in [0.2, 0.25) is 0 Å². The molecule has 7 nitrogen and oxygen atoms in total. The number of carbonyl (C=O) groups excluding carboxylic acids is 1. The number of anilines is 1. The zero-order valence-corrected chi connectivity index (χ0v) is 18.0. The van der Waals surface area contributed by atoms with Crippen LogP contribution in [0.25, 0.3) is 0 Å². The van der Waals surface area contributed by atoms with Gasteiger partial charge in [-0.2, -0.15) is 5.26 Å². The molecule has 0 saturated heterocycles. The Labute approximate surface area is 187 Å². The molecule has 0 atom stereocenters. The Morgan fingerprint density at radius 1 is 0.906 bits per heavy atom. The van der Waals surface area contributed by atoms with Crippen molar-refractivity contribution >= 4 is 21.6 Å². The molecule has 3 rings (SSSR count). The summed E-state index contributed by atoms with van der Waals surface area (Å²) in [6.07, 6.45) is 1.54. The monoisotopic (exact) mass is 446 g/mol.